The molecule has 7 heteroatoms. The molecular weight excluding hydrogens is 276 g/mol. The number of nitrogen functional groups attached to an aromatic ring is 1. The largest absolute Gasteiger partial charge is 0.489 e. The van der Waals surface area contributed by atoms with Crippen LogP contribution in [0.3, 0.4) is 0 Å². The molecule has 0 atom stereocenters. The van der Waals surface area contributed by atoms with Crippen LogP contribution in [0, 0.1) is 10.1 Å². The maximum absolute atomic E-state index is 10.7. The Bertz CT molecular complexity index is 702. The highest BCUT2D eigenvalue weighted by Gasteiger charge is 2.14. The molecule has 0 amide bonds. The van der Waals surface area contributed by atoms with Crippen LogP contribution in [0.4, 0.5) is 11.4 Å². The zero-order chi connectivity index (χ0) is 14.8. The Hall–Kier alpha value is -2.96. The lowest BCUT2D eigenvalue weighted by Gasteiger charge is -2.07. The molecule has 1 aliphatic rings. The topological polar surface area (TPSA) is 96.9 Å². The Kier molecular flexibility index (Phi) is 3.23. The standard InChI is InChI=1S/C14H12N2O5/c15-11-5-9(1-3-12(11)16(17)18)7-19-10-2-4-13-14(6-10)21-8-20-13/h1-6H,7-8,15H2. The zero-order valence-corrected chi connectivity index (χ0v) is 10.9. The highest BCUT2D eigenvalue weighted by Crippen LogP contribution is 2.35. The second-order valence-electron chi connectivity index (χ2n) is 4.45. The quantitative estimate of drug-likeness (QED) is 0.527. The van der Waals surface area contributed by atoms with Crippen molar-refractivity contribution in [3.05, 3.63) is 52.1 Å². The molecule has 3 rings (SSSR count). The summed E-state index contributed by atoms with van der Waals surface area (Å²) < 4.78 is 16.1. The molecule has 2 aromatic rings. The summed E-state index contributed by atoms with van der Waals surface area (Å²) in [6.45, 7) is 0.458. The molecule has 0 bridgehead atoms. The molecule has 0 spiro atoms. The predicted molar refractivity (Wildman–Crippen MR) is 74.4 cm³/mol. The van der Waals surface area contributed by atoms with Gasteiger partial charge < -0.3 is 19.9 Å². The van der Waals surface area contributed by atoms with E-state index in [-0.39, 0.29) is 24.8 Å². The van der Waals surface area contributed by atoms with E-state index in [9.17, 15) is 10.1 Å². The number of anilines is 1. The van der Waals surface area contributed by atoms with Gasteiger partial charge in [0, 0.05) is 12.1 Å². The second-order valence-corrected chi connectivity index (χ2v) is 4.45. The van der Waals surface area contributed by atoms with E-state index in [0.717, 1.165) is 5.56 Å². The molecule has 2 N–H and O–H groups in total. The fraction of sp³-hybridized carbons (Fsp3) is 0.143. The van der Waals surface area contributed by atoms with Crippen LogP contribution in [0.2, 0.25) is 0 Å². The van der Waals surface area contributed by atoms with E-state index in [0.29, 0.717) is 17.2 Å². The molecule has 0 aromatic heterocycles. The van der Waals surface area contributed by atoms with Crippen molar-refractivity contribution in [2.24, 2.45) is 0 Å². The van der Waals surface area contributed by atoms with Gasteiger partial charge in [-0.2, -0.15) is 0 Å². The van der Waals surface area contributed by atoms with Gasteiger partial charge in [-0.3, -0.25) is 10.1 Å². The number of nitro benzene ring substituents is 1. The first kappa shape index (κ1) is 13.0. The molecule has 2 aromatic carbocycles. The average Bonchev–Trinajstić information content (AvgIpc) is 2.92. The summed E-state index contributed by atoms with van der Waals surface area (Å²) in [6.07, 6.45) is 0. The minimum atomic E-state index is -0.516. The van der Waals surface area contributed by atoms with Gasteiger partial charge in [0.2, 0.25) is 6.79 Å². The van der Waals surface area contributed by atoms with Crippen LogP contribution >= 0.6 is 0 Å². The highest BCUT2D eigenvalue weighted by molar-refractivity contribution is 5.59. The van der Waals surface area contributed by atoms with Crippen molar-refractivity contribution in [1.29, 1.82) is 0 Å². The lowest BCUT2D eigenvalue weighted by Crippen LogP contribution is -2.00. The number of fused-ring (bicyclic) bond motifs is 1. The van der Waals surface area contributed by atoms with Gasteiger partial charge in [-0.15, -0.1) is 0 Å². The van der Waals surface area contributed by atoms with Gasteiger partial charge in [0.05, 0.1) is 4.92 Å². The molecular formula is C14H12N2O5. The van der Waals surface area contributed by atoms with Crippen molar-refractivity contribution in [1.82, 2.24) is 0 Å². The van der Waals surface area contributed by atoms with Crippen molar-refractivity contribution in [2.45, 2.75) is 6.61 Å². The number of ether oxygens (including phenoxy) is 3. The lowest BCUT2D eigenvalue weighted by atomic mass is 10.2. The highest BCUT2D eigenvalue weighted by atomic mass is 16.7. The van der Waals surface area contributed by atoms with E-state index in [2.05, 4.69) is 0 Å². The van der Waals surface area contributed by atoms with E-state index in [4.69, 9.17) is 19.9 Å². The molecule has 1 aliphatic heterocycles. The van der Waals surface area contributed by atoms with Gasteiger partial charge in [0.15, 0.2) is 11.5 Å². The van der Waals surface area contributed by atoms with Crippen LogP contribution in [0.15, 0.2) is 36.4 Å². The van der Waals surface area contributed by atoms with Crippen LogP contribution in [0.1, 0.15) is 5.56 Å². The van der Waals surface area contributed by atoms with Gasteiger partial charge in [-0.1, -0.05) is 0 Å². The predicted octanol–water partition coefficient (Wildman–Crippen LogP) is 2.48. The fourth-order valence-electron chi connectivity index (χ4n) is 1.99. The third kappa shape index (κ3) is 2.66. The average molecular weight is 288 g/mol. The third-order valence-electron chi connectivity index (χ3n) is 3.04. The van der Waals surface area contributed by atoms with E-state index in [1.165, 1.54) is 12.1 Å². The molecule has 1 heterocycles. The number of hydrogen-bond donors (Lipinski definition) is 1. The van der Waals surface area contributed by atoms with Crippen LogP contribution in [0.5, 0.6) is 17.2 Å². The minimum Gasteiger partial charge on any atom is -0.489 e. The Morgan fingerprint density at radius 1 is 1.19 bits per heavy atom. The van der Waals surface area contributed by atoms with Crippen molar-refractivity contribution >= 4 is 11.4 Å². The van der Waals surface area contributed by atoms with Gasteiger partial charge in [0.25, 0.3) is 5.69 Å². The fourth-order valence-corrected chi connectivity index (χ4v) is 1.99. The van der Waals surface area contributed by atoms with Crippen molar-refractivity contribution in [3.63, 3.8) is 0 Å². The SMILES string of the molecule is Nc1cc(COc2ccc3c(c2)OCO3)ccc1[N+](=O)[O-]. The molecule has 0 fully saturated rings. The summed E-state index contributed by atoms with van der Waals surface area (Å²) in [5, 5.41) is 10.7. The third-order valence-corrected chi connectivity index (χ3v) is 3.04. The molecule has 21 heavy (non-hydrogen) atoms. The summed E-state index contributed by atoms with van der Waals surface area (Å²) >= 11 is 0. The monoisotopic (exact) mass is 288 g/mol. The lowest BCUT2D eigenvalue weighted by molar-refractivity contribution is -0.383. The molecule has 0 aliphatic carbocycles. The molecule has 0 radical (unpaired) electrons. The Labute approximate surface area is 120 Å². The van der Waals surface area contributed by atoms with Gasteiger partial charge in [-0.05, 0) is 29.8 Å². The first-order chi connectivity index (χ1) is 10.1. The summed E-state index contributed by atoms with van der Waals surface area (Å²) in [4.78, 5) is 10.2. The Balaban J connectivity index is 1.70. The van der Waals surface area contributed by atoms with E-state index in [1.54, 1.807) is 24.3 Å². The molecule has 7 nitrogen and oxygen atoms in total. The molecule has 0 saturated carbocycles. The van der Waals surface area contributed by atoms with E-state index < -0.39 is 4.92 Å². The van der Waals surface area contributed by atoms with Crippen molar-refractivity contribution in [2.75, 3.05) is 12.5 Å². The second kappa shape index (κ2) is 5.20. The first-order valence-electron chi connectivity index (χ1n) is 6.19. The normalized spacial score (nSPS) is 12.2. The summed E-state index contributed by atoms with van der Waals surface area (Å²) in [5.41, 5.74) is 6.39. The summed E-state index contributed by atoms with van der Waals surface area (Å²) in [5.74, 6) is 1.94. The number of rotatable bonds is 4. The van der Waals surface area contributed by atoms with Crippen LogP contribution in [-0.4, -0.2) is 11.7 Å². The number of benzene rings is 2. The minimum absolute atomic E-state index is 0.109. The molecule has 108 valence electrons. The summed E-state index contributed by atoms with van der Waals surface area (Å²) in [7, 11) is 0. The van der Waals surface area contributed by atoms with Crippen molar-refractivity contribution in [3.8, 4) is 17.2 Å². The zero-order valence-electron chi connectivity index (χ0n) is 10.9. The van der Waals surface area contributed by atoms with Gasteiger partial charge in [-0.25, -0.2) is 0 Å². The van der Waals surface area contributed by atoms with Gasteiger partial charge in [0.1, 0.15) is 18.0 Å². The van der Waals surface area contributed by atoms with Crippen LogP contribution in [0.25, 0.3) is 0 Å². The first-order valence-corrected chi connectivity index (χ1v) is 6.19. The van der Waals surface area contributed by atoms with Gasteiger partial charge >= 0.3 is 0 Å². The van der Waals surface area contributed by atoms with Crippen molar-refractivity contribution < 1.29 is 19.1 Å². The smallest absolute Gasteiger partial charge is 0.292 e. The number of nitrogens with zero attached hydrogens (tertiary/aromatic N) is 1. The van der Waals surface area contributed by atoms with Crippen LogP contribution < -0.4 is 19.9 Å². The Morgan fingerprint density at radius 2 is 2.00 bits per heavy atom. The van der Waals surface area contributed by atoms with Crippen LogP contribution in [-0.2, 0) is 6.61 Å². The molecule has 0 unspecified atom stereocenters. The maximum atomic E-state index is 10.7. The number of hydrogen-bond acceptors (Lipinski definition) is 6. The summed E-state index contributed by atoms with van der Waals surface area (Å²) in [6, 6.07) is 9.78. The van der Waals surface area contributed by atoms with E-state index >= 15 is 0 Å². The Morgan fingerprint density at radius 3 is 2.76 bits per heavy atom. The number of nitro groups is 1. The molecule has 0 saturated heterocycles. The maximum Gasteiger partial charge on any atom is 0.292 e. The van der Waals surface area contributed by atoms with E-state index in [1.807, 2.05) is 0 Å². The number of nitrogens with two attached hydrogens (primary N) is 1.